The van der Waals surface area contributed by atoms with Gasteiger partial charge in [-0.15, -0.1) is 11.3 Å². The first-order valence-corrected chi connectivity index (χ1v) is 12.9. The van der Waals surface area contributed by atoms with Crippen molar-refractivity contribution in [3.05, 3.63) is 105 Å². The van der Waals surface area contributed by atoms with Crippen molar-refractivity contribution < 1.29 is 14.3 Å². The van der Waals surface area contributed by atoms with Gasteiger partial charge in [0.25, 0.3) is 11.5 Å². The third-order valence-corrected chi connectivity index (χ3v) is 7.07. The van der Waals surface area contributed by atoms with Gasteiger partial charge < -0.3 is 9.30 Å². The smallest absolute Gasteiger partial charge is 0.356 e. The summed E-state index contributed by atoms with van der Waals surface area (Å²) in [6.07, 6.45) is 0. The molecule has 9 heteroatoms. The maximum atomic E-state index is 13.3. The van der Waals surface area contributed by atoms with E-state index in [9.17, 15) is 14.4 Å². The molecule has 190 valence electrons. The Morgan fingerprint density at radius 2 is 1.63 bits per heavy atom. The first kappa shape index (κ1) is 25.4. The van der Waals surface area contributed by atoms with E-state index in [4.69, 9.17) is 16.3 Å². The molecule has 5 aromatic rings. The molecule has 38 heavy (non-hydrogen) atoms. The summed E-state index contributed by atoms with van der Waals surface area (Å²) < 4.78 is 6.66. The zero-order valence-corrected chi connectivity index (χ0v) is 22.1. The molecule has 1 N–H and O–H groups in total. The lowest BCUT2D eigenvalue weighted by molar-refractivity contribution is -0.119. The molecule has 1 amide bonds. The number of carbonyl (C=O) groups is 2. The molecular weight excluding hydrogens is 522 g/mol. The Labute approximate surface area is 227 Å². The van der Waals surface area contributed by atoms with Crippen LogP contribution >= 0.6 is 22.9 Å². The minimum atomic E-state index is -0.776. The third kappa shape index (κ3) is 5.09. The molecule has 5 rings (SSSR count). The second kappa shape index (κ2) is 10.6. The number of benzene rings is 3. The molecule has 0 spiro atoms. The molecule has 0 aliphatic heterocycles. The number of ether oxygens (including phenoxy) is 1. The Morgan fingerprint density at radius 3 is 2.34 bits per heavy atom. The maximum absolute atomic E-state index is 13.3. The number of aromatic nitrogens is 2. The number of carbonyl (C=O) groups excluding carboxylic acids is 2. The van der Waals surface area contributed by atoms with E-state index in [1.807, 2.05) is 54.8 Å². The van der Waals surface area contributed by atoms with Gasteiger partial charge in [0.15, 0.2) is 11.7 Å². The van der Waals surface area contributed by atoms with E-state index in [1.165, 1.54) is 23.0 Å². The van der Waals surface area contributed by atoms with E-state index in [1.54, 1.807) is 30.3 Å². The van der Waals surface area contributed by atoms with Crippen molar-refractivity contribution in [2.45, 2.75) is 6.92 Å². The molecule has 0 unspecified atom stereocenters. The van der Waals surface area contributed by atoms with E-state index in [2.05, 4.69) is 10.3 Å². The minimum Gasteiger partial charge on any atom is -0.451 e. The van der Waals surface area contributed by atoms with Crippen LogP contribution in [0.5, 0.6) is 0 Å². The van der Waals surface area contributed by atoms with Crippen LogP contribution in [0.25, 0.3) is 33.2 Å². The Morgan fingerprint density at radius 1 is 0.974 bits per heavy atom. The van der Waals surface area contributed by atoms with E-state index < -0.39 is 18.5 Å². The molecule has 2 heterocycles. The van der Waals surface area contributed by atoms with Gasteiger partial charge in [0.1, 0.15) is 5.69 Å². The number of anilines is 1. The van der Waals surface area contributed by atoms with Crippen molar-refractivity contribution in [2.24, 2.45) is 7.05 Å². The predicted octanol–water partition coefficient (Wildman–Crippen LogP) is 6.09. The average Bonchev–Trinajstić information content (AvgIpc) is 3.38. The summed E-state index contributed by atoms with van der Waals surface area (Å²) in [6.45, 7) is 1.43. The van der Waals surface area contributed by atoms with Crippen LogP contribution in [0, 0.1) is 6.92 Å². The number of thiazole rings is 1. The van der Waals surface area contributed by atoms with Gasteiger partial charge in [-0.05, 0) is 36.1 Å². The lowest BCUT2D eigenvalue weighted by Crippen LogP contribution is -2.28. The number of halogens is 1. The van der Waals surface area contributed by atoms with E-state index in [-0.39, 0.29) is 11.3 Å². The highest BCUT2D eigenvalue weighted by molar-refractivity contribution is 7.14. The molecule has 0 saturated heterocycles. The molecule has 2 aromatic heterocycles. The quantitative estimate of drug-likeness (QED) is 0.262. The van der Waals surface area contributed by atoms with Crippen molar-refractivity contribution >= 4 is 50.7 Å². The fourth-order valence-electron chi connectivity index (χ4n) is 4.16. The van der Waals surface area contributed by atoms with Gasteiger partial charge in [-0.3, -0.25) is 14.9 Å². The Bertz CT molecular complexity index is 1720. The van der Waals surface area contributed by atoms with Gasteiger partial charge in [0, 0.05) is 34.0 Å². The molecule has 3 aromatic carbocycles. The summed E-state index contributed by atoms with van der Waals surface area (Å²) >= 11 is 7.19. The molecular formula is C29H22ClN3O4S. The molecule has 0 aliphatic carbocycles. The maximum Gasteiger partial charge on any atom is 0.356 e. The van der Waals surface area contributed by atoms with Gasteiger partial charge >= 0.3 is 5.97 Å². The lowest BCUT2D eigenvalue weighted by atomic mass is 9.96. The number of hydrogen-bond acceptors (Lipinski definition) is 6. The highest BCUT2D eigenvalue weighted by Crippen LogP contribution is 2.31. The summed E-state index contributed by atoms with van der Waals surface area (Å²) in [4.78, 5) is 43.4. The molecule has 0 fully saturated rings. The van der Waals surface area contributed by atoms with Crippen molar-refractivity contribution in [3.63, 3.8) is 0 Å². The van der Waals surface area contributed by atoms with Crippen LogP contribution in [-0.4, -0.2) is 28.0 Å². The summed E-state index contributed by atoms with van der Waals surface area (Å²) in [5.41, 5.74) is 3.68. The predicted molar refractivity (Wildman–Crippen MR) is 151 cm³/mol. The van der Waals surface area contributed by atoms with Crippen LogP contribution < -0.4 is 10.9 Å². The van der Waals surface area contributed by atoms with Crippen LogP contribution in [0.3, 0.4) is 0 Å². The van der Waals surface area contributed by atoms with Gasteiger partial charge in [-0.25, -0.2) is 9.78 Å². The third-order valence-electron chi connectivity index (χ3n) is 6.06. The number of aryl methyl sites for hydroxylation is 1. The minimum absolute atomic E-state index is 0.0737. The Hall–Kier alpha value is -4.27. The number of pyridine rings is 1. The van der Waals surface area contributed by atoms with Crippen LogP contribution in [0.2, 0.25) is 5.02 Å². The average molecular weight is 544 g/mol. The van der Waals surface area contributed by atoms with Crippen LogP contribution in [-0.2, 0) is 16.6 Å². The zero-order chi connectivity index (χ0) is 26.8. The van der Waals surface area contributed by atoms with E-state index >= 15 is 0 Å². The lowest BCUT2D eigenvalue weighted by Gasteiger charge is -2.17. The molecule has 0 aliphatic rings. The van der Waals surface area contributed by atoms with Crippen LogP contribution in [0.4, 0.5) is 5.13 Å². The Balaban J connectivity index is 1.39. The SMILES string of the molecule is Cc1ccc(-c2c(C(=O)OCC(=O)Nc3nc(-c4ccc(Cl)cc4)cs3)n(C)c(=O)c3ccccc23)cc1. The number of amides is 1. The number of esters is 1. The molecule has 0 bridgehead atoms. The molecule has 7 nitrogen and oxygen atoms in total. The molecule has 0 radical (unpaired) electrons. The van der Waals surface area contributed by atoms with E-state index in [0.29, 0.717) is 32.2 Å². The molecule has 0 saturated carbocycles. The number of rotatable bonds is 6. The van der Waals surface area contributed by atoms with E-state index in [0.717, 1.165) is 16.7 Å². The first-order valence-electron chi connectivity index (χ1n) is 11.7. The van der Waals surface area contributed by atoms with Crippen molar-refractivity contribution in [1.82, 2.24) is 9.55 Å². The standard InChI is InChI=1S/C29H22ClN3O4S/c1-17-7-9-19(10-8-17)25-21-5-3-4-6-22(21)27(35)33(2)26(25)28(36)37-15-24(34)32-29-31-23(16-38-29)18-11-13-20(30)14-12-18/h3-14,16H,15H2,1-2H3,(H,31,32,34). The van der Waals surface area contributed by atoms with Gasteiger partial charge in [0.2, 0.25) is 0 Å². The van der Waals surface area contributed by atoms with Gasteiger partial charge in [0.05, 0.1) is 5.69 Å². The fourth-order valence-corrected chi connectivity index (χ4v) is 5.02. The van der Waals surface area contributed by atoms with Crippen molar-refractivity contribution in [1.29, 1.82) is 0 Å². The van der Waals surface area contributed by atoms with Crippen molar-refractivity contribution in [3.8, 4) is 22.4 Å². The second-order valence-corrected chi connectivity index (χ2v) is 9.96. The highest BCUT2D eigenvalue weighted by Gasteiger charge is 2.23. The largest absolute Gasteiger partial charge is 0.451 e. The number of hydrogen-bond donors (Lipinski definition) is 1. The normalized spacial score (nSPS) is 10.9. The second-order valence-electron chi connectivity index (χ2n) is 8.67. The zero-order valence-electron chi connectivity index (χ0n) is 20.5. The summed E-state index contributed by atoms with van der Waals surface area (Å²) in [5.74, 6) is -1.32. The number of fused-ring (bicyclic) bond motifs is 1. The summed E-state index contributed by atoms with van der Waals surface area (Å²) in [7, 11) is 1.52. The monoisotopic (exact) mass is 543 g/mol. The van der Waals surface area contributed by atoms with Crippen molar-refractivity contribution in [2.75, 3.05) is 11.9 Å². The van der Waals surface area contributed by atoms with Gasteiger partial charge in [-0.1, -0.05) is 71.8 Å². The summed E-state index contributed by atoms with van der Waals surface area (Å²) in [5, 5.41) is 6.57. The Kier molecular flexibility index (Phi) is 7.09. The van der Waals surface area contributed by atoms with Gasteiger partial charge in [-0.2, -0.15) is 0 Å². The van der Waals surface area contributed by atoms with Crippen LogP contribution in [0.15, 0.2) is 83.0 Å². The number of nitrogens with zero attached hydrogens (tertiary/aromatic N) is 2. The highest BCUT2D eigenvalue weighted by atomic mass is 35.5. The number of nitrogens with one attached hydrogen (secondary N) is 1. The summed E-state index contributed by atoms with van der Waals surface area (Å²) in [6, 6.07) is 22.0. The first-order chi connectivity index (χ1) is 18.3. The topological polar surface area (TPSA) is 90.3 Å². The molecule has 0 atom stereocenters. The fraction of sp³-hybridized carbons (Fsp3) is 0.103. The van der Waals surface area contributed by atoms with Crippen LogP contribution in [0.1, 0.15) is 16.1 Å².